The second-order valence-corrected chi connectivity index (χ2v) is 5.24. The molecule has 18 heavy (non-hydrogen) atoms. The van der Waals surface area contributed by atoms with Gasteiger partial charge in [0.25, 0.3) is 0 Å². The second-order valence-electron chi connectivity index (χ2n) is 3.50. The fraction of sp³-hybridized carbons (Fsp3) is 0.333. The molecule has 0 aliphatic heterocycles. The molecule has 0 aliphatic carbocycles. The summed E-state index contributed by atoms with van der Waals surface area (Å²) in [5.74, 6) is -0.298. The van der Waals surface area contributed by atoms with E-state index >= 15 is 0 Å². The number of nitrogens with zero attached hydrogens (tertiary/aromatic N) is 1. The molecule has 0 unspecified atom stereocenters. The van der Waals surface area contributed by atoms with Crippen molar-refractivity contribution in [2.75, 3.05) is 30.0 Å². The SMILES string of the molecule is CNc1cccc(NCCS(N)(=O)=O)c1[N+](=O)[O-]. The highest BCUT2D eigenvalue weighted by Crippen LogP contribution is 2.32. The van der Waals surface area contributed by atoms with E-state index in [1.165, 1.54) is 6.07 Å². The first-order chi connectivity index (χ1) is 8.35. The van der Waals surface area contributed by atoms with Gasteiger partial charge in [-0.25, -0.2) is 13.6 Å². The van der Waals surface area contributed by atoms with Gasteiger partial charge in [-0.2, -0.15) is 0 Å². The maximum Gasteiger partial charge on any atom is 0.315 e. The van der Waals surface area contributed by atoms with Gasteiger partial charge in [-0.05, 0) is 12.1 Å². The van der Waals surface area contributed by atoms with E-state index in [0.29, 0.717) is 5.69 Å². The quantitative estimate of drug-likeness (QED) is 0.507. The zero-order chi connectivity index (χ0) is 13.8. The standard InChI is InChI=1S/C9H14N4O4S/c1-11-7-3-2-4-8(9(7)13(14)15)12-5-6-18(10,16)17/h2-4,11-12H,5-6H2,1H3,(H2,10,16,17). The van der Waals surface area contributed by atoms with Crippen LogP contribution in [0, 0.1) is 10.1 Å². The number of nitro benzene ring substituents is 1. The maximum atomic E-state index is 10.9. The Hall–Kier alpha value is -1.87. The van der Waals surface area contributed by atoms with E-state index in [9.17, 15) is 18.5 Å². The van der Waals surface area contributed by atoms with Crippen LogP contribution in [0.1, 0.15) is 0 Å². The van der Waals surface area contributed by atoms with Crippen molar-refractivity contribution in [3.05, 3.63) is 28.3 Å². The molecule has 1 aromatic carbocycles. The molecule has 0 amide bonds. The monoisotopic (exact) mass is 274 g/mol. The molecule has 0 aliphatic rings. The molecule has 0 saturated heterocycles. The Balaban J connectivity index is 2.92. The van der Waals surface area contributed by atoms with Crippen molar-refractivity contribution in [2.45, 2.75) is 0 Å². The molecular weight excluding hydrogens is 260 g/mol. The average Bonchev–Trinajstić information content (AvgIpc) is 2.26. The van der Waals surface area contributed by atoms with E-state index in [1.807, 2.05) is 0 Å². The van der Waals surface area contributed by atoms with Gasteiger partial charge in [-0.3, -0.25) is 10.1 Å². The number of para-hydroxylation sites is 1. The zero-order valence-corrected chi connectivity index (χ0v) is 10.5. The number of hydrogen-bond acceptors (Lipinski definition) is 6. The van der Waals surface area contributed by atoms with Gasteiger partial charge < -0.3 is 10.6 Å². The van der Waals surface area contributed by atoms with Crippen molar-refractivity contribution in [3.8, 4) is 0 Å². The molecule has 0 bridgehead atoms. The number of benzene rings is 1. The van der Waals surface area contributed by atoms with Gasteiger partial charge in [0.15, 0.2) is 0 Å². The Morgan fingerprint density at radius 2 is 2.00 bits per heavy atom. The van der Waals surface area contributed by atoms with Crippen LogP contribution in [-0.4, -0.2) is 32.7 Å². The topological polar surface area (TPSA) is 127 Å². The third kappa shape index (κ3) is 3.86. The van der Waals surface area contributed by atoms with Crippen LogP contribution in [0.5, 0.6) is 0 Å². The summed E-state index contributed by atoms with van der Waals surface area (Å²) < 4.78 is 21.5. The highest BCUT2D eigenvalue weighted by molar-refractivity contribution is 7.89. The number of anilines is 2. The largest absolute Gasteiger partial charge is 0.382 e. The van der Waals surface area contributed by atoms with Crippen LogP contribution in [0.15, 0.2) is 18.2 Å². The minimum absolute atomic E-state index is 0.00679. The summed E-state index contributed by atoms with van der Waals surface area (Å²) in [6, 6.07) is 4.68. The molecule has 9 heteroatoms. The number of sulfonamides is 1. The van der Waals surface area contributed by atoms with E-state index in [0.717, 1.165) is 0 Å². The van der Waals surface area contributed by atoms with E-state index < -0.39 is 14.9 Å². The van der Waals surface area contributed by atoms with Crippen molar-refractivity contribution in [1.29, 1.82) is 0 Å². The number of nitrogens with two attached hydrogens (primary N) is 1. The van der Waals surface area contributed by atoms with E-state index in [2.05, 4.69) is 10.6 Å². The van der Waals surface area contributed by atoms with E-state index in [-0.39, 0.29) is 23.7 Å². The molecule has 0 saturated carbocycles. The Morgan fingerprint density at radius 3 is 2.50 bits per heavy atom. The van der Waals surface area contributed by atoms with Crippen LogP contribution in [0.4, 0.5) is 17.1 Å². The third-order valence-corrected chi connectivity index (χ3v) is 2.96. The van der Waals surface area contributed by atoms with Crippen molar-refractivity contribution in [3.63, 3.8) is 0 Å². The molecule has 0 atom stereocenters. The maximum absolute atomic E-state index is 10.9. The number of hydrogen-bond donors (Lipinski definition) is 3. The lowest BCUT2D eigenvalue weighted by Gasteiger charge is -2.09. The van der Waals surface area contributed by atoms with Crippen molar-refractivity contribution < 1.29 is 13.3 Å². The lowest BCUT2D eigenvalue weighted by atomic mass is 10.2. The van der Waals surface area contributed by atoms with Gasteiger partial charge in [0.1, 0.15) is 11.4 Å². The molecule has 0 aromatic heterocycles. The summed E-state index contributed by atoms with van der Waals surface area (Å²) in [6.07, 6.45) is 0. The highest BCUT2D eigenvalue weighted by Gasteiger charge is 2.18. The van der Waals surface area contributed by atoms with E-state index in [1.54, 1.807) is 19.2 Å². The Bertz CT molecular complexity index is 543. The predicted molar refractivity (Wildman–Crippen MR) is 69.1 cm³/mol. The summed E-state index contributed by atoms with van der Waals surface area (Å²) in [7, 11) is -2.03. The Kier molecular flexibility index (Phi) is 4.45. The molecule has 0 heterocycles. The fourth-order valence-corrected chi connectivity index (χ4v) is 1.80. The second kappa shape index (κ2) is 5.65. The summed E-state index contributed by atoms with van der Waals surface area (Å²) in [6.45, 7) is 0.00679. The first kappa shape index (κ1) is 14.2. The van der Waals surface area contributed by atoms with Gasteiger partial charge in [0, 0.05) is 13.6 Å². The van der Waals surface area contributed by atoms with Crippen LogP contribution in [0.3, 0.4) is 0 Å². The molecule has 0 fully saturated rings. The smallest absolute Gasteiger partial charge is 0.315 e. The Morgan fingerprint density at radius 1 is 1.39 bits per heavy atom. The summed E-state index contributed by atoms with van der Waals surface area (Å²) in [5, 5.41) is 21.2. The van der Waals surface area contributed by atoms with Crippen molar-refractivity contribution >= 4 is 27.1 Å². The molecule has 4 N–H and O–H groups in total. The summed E-state index contributed by atoms with van der Waals surface area (Å²) in [4.78, 5) is 10.4. The minimum atomic E-state index is -3.59. The van der Waals surface area contributed by atoms with Crippen LogP contribution in [-0.2, 0) is 10.0 Å². The van der Waals surface area contributed by atoms with E-state index in [4.69, 9.17) is 5.14 Å². The molecule has 0 radical (unpaired) electrons. The van der Waals surface area contributed by atoms with Crippen LogP contribution in [0.25, 0.3) is 0 Å². The summed E-state index contributed by atoms with van der Waals surface area (Å²) in [5.41, 5.74) is 0.463. The average molecular weight is 274 g/mol. The first-order valence-corrected chi connectivity index (χ1v) is 6.76. The van der Waals surface area contributed by atoms with Gasteiger partial charge in [0.05, 0.1) is 10.7 Å². The van der Waals surface area contributed by atoms with Gasteiger partial charge in [-0.1, -0.05) is 6.07 Å². The fourth-order valence-electron chi connectivity index (χ4n) is 1.41. The molecule has 100 valence electrons. The van der Waals surface area contributed by atoms with Gasteiger partial charge >= 0.3 is 5.69 Å². The molecular formula is C9H14N4O4S. The Labute approximate surface area is 104 Å². The van der Waals surface area contributed by atoms with Gasteiger partial charge in [0.2, 0.25) is 10.0 Å². The van der Waals surface area contributed by atoms with Crippen LogP contribution in [0.2, 0.25) is 0 Å². The molecule has 1 aromatic rings. The minimum Gasteiger partial charge on any atom is -0.382 e. The first-order valence-electron chi connectivity index (χ1n) is 5.04. The lowest BCUT2D eigenvalue weighted by molar-refractivity contribution is -0.383. The molecule has 1 rings (SSSR count). The van der Waals surface area contributed by atoms with Crippen LogP contribution < -0.4 is 15.8 Å². The van der Waals surface area contributed by atoms with Crippen LogP contribution >= 0.6 is 0 Å². The number of rotatable bonds is 6. The normalized spacial score (nSPS) is 11.0. The molecule has 8 nitrogen and oxygen atoms in total. The van der Waals surface area contributed by atoms with Gasteiger partial charge in [-0.15, -0.1) is 0 Å². The summed E-state index contributed by atoms with van der Waals surface area (Å²) >= 11 is 0. The number of nitrogens with one attached hydrogen (secondary N) is 2. The molecule has 0 spiro atoms. The highest BCUT2D eigenvalue weighted by atomic mass is 32.2. The predicted octanol–water partition coefficient (Wildman–Crippen LogP) is 0.337. The van der Waals surface area contributed by atoms with Crippen molar-refractivity contribution in [2.24, 2.45) is 5.14 Å². The number of primary sulfonamides is 1. The van der Waals surface area contributed by atoms with Crippen molar-refractivity contribution in [1.82, 2.24) is 0 Å². The number of nitro groups is 1. The lowest BCUT2D eigenvalue weighted by Crippen LogP contribution is -2.22. The zero-order valence-electron chi connectivity index (χ0n) is 9.71. The third-order valence-electron chi connectivity index (χ3n) is 2.19.